The largest absolute Gasteiger partial charge is 0.481 e. The van der Waals surface area contributed by atoms with Crippen molar-refractivity contribution in [2.24, 2.45) is 11.8 Å². The average Bonchev–Trinajstić information content (AvgIpc) is 2.18. The van der Waals surface area contributed by atoms with E-state index in [1.165, 1.54) is 13.0 Å². The monoisotopic (exact) mass is 242 g/mol. The fourth-order valence-corrected chi connectivity index (χ4v) is 1.88. The number of carbonyl (C=O) groups is 3. The number of aliphatic carboxylic acids is 2. The first kappa shape index (κ1) is 13.2. The van der Waals surface area contributed by atoms with Crippen molar-refractivity contribution in [3.8, 4) is 0 Å². The second-order valence-corrected chi connectivity index (χ2v) is 3.93. The van der Waals surface area contributed by atoms with Crippen LogP contribution in [0.25, 0.3) is 0 Å². The molecule has 94 valence electrons. The number of carboxylic acids is 2. The molecule has 6 heteroatoms. The summed E-state index contributed by atoms with van der Waals surface area (Å²) in [5, 5.41) is 17.6. The van der Waals surface area contributed by atoms with Crippen LogP contribution in [0, 0.1) is 11.8 Å². The molecule has 1 aliphatic rings. The maximum atomic E-state index is 10.8. The number of rotatable bonds is 4. The zero-order chi connectivity index (χ0) is 13.0. The van der Waals surface area contributed by atoms with E-state index in [0.717, 1.165) is 0 Å². The van der Waals surface area contributed by atoms with Crippen molar-refractivity contribution in [2.75, 3.05) is 0 Å². The van der Waals surface area contributed by atoms with Crippen LogP contribution in [-0.4, -0.2) is 34.2 Å². The van der Waals surface area contributed by atoms with E-state index in [1.54, 1.807) is 6.08 Å². The Labute approximate surface area is 97.9 Å². The van der Waals surface area contributed by atoms with Gasteiger partial charge in [-0.05, 0) is 18.9 Å². The second-order valence-electron chi connectivity index (χ2n) is 3.93. The molecule has 0 saturated carbocycles. The van der Waals surface area contributed by atoms with Gasteiger partial charge in [-0.15, -0.1) is 0 Å². The summed E-state index contributed by atoms with van der Waals surface area (Å²) in [7, 11) is 0. The Morgan fingerprint density at radius 2 is 1.76 bits per heavy atom. The third-order valence-corrected chi connectivity index (χ3v) is 2.64. The predicted octanol–water partition coefficient (Wildman–Crippen LogP) is 0.670. The summed E-state index contributed by atoms with van der Waals surface area (Å²) in [5.74, 6) is -5.11. The Balaban J connectivity index is 2.68. The fraction of sp³-hybridized carbons (Fsp3) is 0.545. The highest BCUT2D eigenvalue weighted by atomic mass is 16.5. The molecule has 6 nitrogen and oxygen atoms in total. The number of carboxylic acid groups (broad SMARTS) is 2. The number of carbonyl (C=O) groups excluding carboxylic acids is 1. The lowest BCUT2D eigenvalue weighted by atomic mass is 9.83. The normalized spacial score (nSPS) is 23.4. The smallest absolute Gasteiger partial charge is 0.318 e. The zero-order valence-electron chi connectivity index (χ0n) is 9.33. The number of esters is 1. The molecule has 0 heterocycles. The molecular weight excluding hydrogens is 228 g/mol. The van der Waals surface area contributed by atoms with Crippen molar-refractivity contribution >= 4 is 17.9 Å². The van der Waals surface area contributed by atoms with Gasteiger partial charge in [0.1, 0.15) is 6.10 Å². The molecule has 2 atom stereocenters. The molecule has 1 aliphatic carbocycles. The van der Waals surface area contributed by atoms with E-state index in [-0.39, 0.29) is 6.10 Å². The molecular formula is C11H14O6. The van der Waals surface area contributed by atoms with Gasteiger partial charge in [0.05, 0.1) is 0 Å². The second kappa shape index (κ2) is 5.47. The van der Waals surface area contributed by atoms with E-state index in [0.29, 0.717) is 12.8 Å². The van der Waals surface area contributed by atoms with Gasteiger partial charge in [0.25, 0.3) is 0 Å². The van der Waals surface area contributed by atoms with Crippen LogP contribution in [0.2, 0.25) is 0 Å². The van der Waals surface area contributed by atoms with Crippen LogP contribution in [0.5, 0.6) is 0 Å². The molecule has 0 bridgehead atoms. The first-order chi connectivity index (χ1) is 7.91. The third-order valence-electron chi connectivity index (χ3n) is 2.64. The Hall–Kier alpha value is -1.85. The van der Waals surface area contributed by atoms with E-state index in [1.807, 2.05) is 0 Å². The van der Waals surface area contributed by atoms with Crippen LogP contribution in [-0.2, 0) is 19.1 Å². The third kappa shape index (κ3) is 3.58. The first-order valence-electron chi connectivity index (χ1n) is 5.23. The van der Waals surface area contributed by atoms with E-state index in [9.17, 15) is 14.4 Å². The summed E-state index contributed by atoms with van der Waals surface area (Å²) in [5.41, 5.74) is 0. The van der Waals surface area contributed by atoms with Crippen molar-refractivity contribution < 1.29 is 29.3 Å². The molecule has 0 amide bonds. The van der Waals surface area contributed by atoms with Crippen LogP contribution in [0.4, 0.5) is 0 Å². The molecule has 2 N–H and O–H groups in total. The molecule has 0 aromatic carbocycles. The summed E-state index contributed by atoms with van der Waals surface area (Å²) in [6.07, 6.45) is 3.49. The first-order valence-corrected chi connectivity index (χ1v) is 5.23. The lowest BCUT2D eigenvalue weighted by molar-refractivity contribution is -0.157. The highest BCUT2D eigenvalue weighted by Gasteiger charge is 2.35. The molecule has 0 aromatic heterocycles. The quantitative estimate of drug-likeness (QED) is 0.427. The summed E-state index contributed by atoms with van der Waals surface area (Å²) in [6, 6.07) is 0. The molecule has 0 saturated heterocycles. The number of hydrogen-bond acceptors (Lipinski definition) is 4. The van der Waals surface area contributed by atoms with Gasteiger partial charge in [-0.25, -0.2) is 0 Å². The van der Waals surface area contributed by atoms with Gasteiger partial charge in [0, 0.05) is 12.8 Å². The average molecular weight is 242 g/mol. The van der Waals surface area contributed by atoms with Crippen LogP contribution < -0.4 is 0 Å². The summed E-state index contributed by atoms with van der Waals surface area (Å²) in [6.45, 7) is 1.29. The van der Waals surface area contributed by atoms with Crippen molar-refractivity contribution in [1.29, 1.82) is 0 Å². The molecule has 0 spiro atoms. The van der Waals surface area contributed by atoms with E-state index < -0.39 is 29.7 Å². The van der Waals surface area contributed by atoms with Gasteiger partial charge in [-0.2, -0.15) is 0 Å². The maximum Gasteiger partial charge on any atom is 0.318 e. The van der Waals surface area contributed by atoms with Gasteiger partial charge in [-0.3, -0.25) is 14.4 Å². The number of hydrogen-bond donors (Lipinski definition) is 2. The Kier molecular flexibility index (Phi) is 4.25. The Morgan fingerprint density at radius 1 is 1.18 bits per heavy atom. The lowest BCUT2D eigenvalue weighted by Crippen LogP contribution is -2.33. The predicted molar refractivity (Wildman–Crippen MR) is 56.2 cm³/mol. The number of allylic oxidation sites excluding steroid dienone is 1. The highest BCUT2D eigenvalue weighted by molar-refractivity contribution is 5.93. The SMILES string of the molecule is CC(=O)O[C@H]1C=C[C@@H](C(C(=O)O)C(=O)O)CC1. The molecule has 17 heavy (non-hydrogen) atoms. The minimum Gasteiger partial charge on any atom is -0.481 e. The molecule has 0 unspecified atom stereocenters. The van der Waals surface area contributed by atoms with E-state index in [4.69, 9.17) is 14.9 Å². The minimum absolute atomic E-state index is 0.373. The Bertz CT molecular complexity index is 345. The zero-order valence-corrected chi connectivity index (χ0v) is 9.33. The highest BCUT2D eigenvalue weighted by Crippen LogP contribution is 2.26. The van der Waals surface area contributed by atoms with Crippen molar-refractivity contribution in [2.45, 2.75) is 25.9 Å². The topological polar surface area (TPSA) is 101 Å². The van der Waals surface area contributed by atoms with Crippen molar-refractivity contribution in [3.63, 3.8) is 0 Å². The van der Waals surface area contributed by atoms with Crippen LogP contribution in [0.3, 0.4) is 0 Å². The van der Waals surface area contributed by atoms with Gasteiger partial charge >= 0.3 is 17.9 Å². The van der Waals surface area contributed by atoms with E-state index in [2.05, 4.69) is 0 Å². The maximum absolute atomic E-state index is 10.8. The Morgan fingerprint density at radius 3 is 2.12 bits per heavy atom. The van der Waals surface area contributed by atoms with Gasteiger partial charge < -0.3 is 14.9 Å². The summed E-state index contributed by atoms with van der Waals surface area (Å²) in [4.78, 5) is 32.3. The van der Waals surface area contributed by atoms with Crippen LogP contribution in [0.15, 0.2) is 12.2 Å². The molecule has 0 aromatic rings. The van der Waals surface area contributed by atoms with Crippen molar-refractivity contribution in [3.05, 3.63) is 12.2 Å². The molecule has 1 rings (SSSR count). The van der Waals surface area contributed by atoms with E-state index >= 15 is 0 Å². The van der Waals surface area contributed by atoms with Crippen molar-refractivity contribution in [1.82, 2.24) is 0 Å². The van der Waals surface area contributed by atoms with Gasteiger partial charge in [-0.1, -0.05) is 6.08 Å². The fourth-order valence-electron chi connectivity index (χ4n) is 1.88. The van der Waals surface area contributed by atoms with Crippen LogP contribution in [0.1, 0.15) is 19.8 Å². The number of ether oxygens (including phenoxy) is 1. The summed E-state index contributed by atoms with van der Waals surface area (Å²) < 4.78 is 4.92. The summed E-state index contributed by atoms with van der Waals surface area (Å²) >= 11 is 0. The standard InChI is InChI=1S/C11H14O6/c1-6(12)17-8-4-2-7(3-5-8)9(10(13)14)11(15)16/h2,4,7-9H,3,5H2,1H3,(H,13,14)(H,15,16)/t7-,8+/m1/s1. The minimum atomic E-state index is -1.44. The molecule has 0 aliphatic heterocycles. The van der Waals surface area contributed by atoms with Crippen LogP contribution >= 0.6 is 0 Å². The molecule has 0 radical (unpaired) electrons. The molecule has 0 fully saturated rings. The van der Waals surface area contributed by atoms with Gasteiger partial charge in [0.2, 0.25) is 0 Å². The lowest BCUT2D eigenvalue weighted by Gasteiger charge is -2.24. The van der Waals surface area contributed by atoms with Gasteiger partial charge in [0.15, 0.2) is 5.92 Å².